The minimum absolute atomic E-state index is 0.00636. The zero-order valence-electron chi connectivity index (χ0n) is 13.5. The fourth-order valence-corrected chi connectivity index (χ4v) is 2.51. The van der Waals surface area contributed by atoms with Crippen LogP contribution in [0.4, 0.5) is 10.1 Å². The number of rotatable bonds is 6. The molecule has 0 aromatic heterocycles. The molecule has 0 fully saturated rings. The lowest BCUT2D eigenvalue weighted by molar-refractivity contribution is -0.118. The van der Waals surface area contributed by atoms with E-state index in [4.69, 9.17) is 5.73 Å². The van der Waals surface area contributed by atoms with Crippen LogP contribution < -0.4 is 10.6 Å². The van der Waals surface area contributed by atoms with Gasteiger partial charge in [-0.1, -0.05) is 26.8 Å². The molecule has 0 aliphatic carbocycles. The summed E-state index contributed by atoms with van der Waals surface area (Å²) in [6, 6.07) is 6.10. The SMILES string of the molecule is CN(C(=O)CCC(CCN)C(C)(C)C)c1cccc(F)c1. The van der Waals surface area contributed by atoms with Gasteiger partial charge in [0.05, 0.1) is 0 Å². The zero-order valence-corrected chi connectivity index (χ0v) is 13.5. The second kappa shape index (κ2) is 7.55. The number of benzene rings is 1. The standard InChI is InChI=1S/C17H27FN2O/c1-17(2,3)13(10-11-19)8-9-16(21)20(4)15-7-5-6-14(18)12-15/h5-7,12-13H,8-11,19H2,1-4H3. The van der Waals surface area contributed by atoms with Gasteiger partial charge >= 0.3 is 0 Å². The summed E-state index contributed by atoms with van der Waals surface area (Å²) in [4.78, 5) is 13.8. The number of carbonyl (C=O) groups excluding carboxylic acids is 1. The first kappa shape index (κ1) is 17.6. The molecular weight excluding hydrogens is 267 g/mol. The second-order valence-corrected chi connectivity index (χ2v) is 6.61. The number of nitrogens with zero attached hydrogens (tertiary/aromatic N) is 1. The summed E-state index contributed by atoms with van der Waals surface area (Å²) in [7, 11) is 1.69. The van der Waals surface area contributed by atoms with Gasteiger partial charge in [0.1, 0.15) is 5.82 Å². The lowest BCUT2D eigenvalue weighted by atomic mass is 9.76. The minimum atomic E-state index is -0.331. The van der Waals surface area contributed by atoms with E-state index in [9.17, 15) is 9.18 Å². The number of carbonyl (C=O) groups is 1. The van der Waals surface area contributed by atoms with Crippen molar-refractivity contribution in [1.82, 2.24) is 0 Å². The first-order chi connectivity index (χ1) is 9.75. The minimum Gasteiger partial charge on any atom is -0.330 e. The molecule has 21 heavy (non-hydrogen) atoms. The molecule has 0 bridgehead atoms. The van der Waals surface area contributed by atoms with Crippen LogP contribution in [0.2, 0.25) is 0 Å². The van der Waals surface area contributed by atoms with Crippen LogP contribution in [0, 0.1) is 17.2 Å². The third-order valence-corrected chi connectivity index (χ3v) is 4.02. The van der Waals surface area contributed by atoms with Gasteiger partial charge in [0.15, 0.2) is 0 Å². The van der Waals surface area contributed by atoms with Crippen LogP contribution in [0.25, 0.3) is 0 Å². The Labute approximate surface area is 127 Å². The number of hydrogen-bond acceptors (Lipinski definition) is 2. The van der Waals surface area contributed by atoms with E-state index in [1.807, 2.05) is 0 Å². The topological polar surface area (TPSA) is 46.3 Å². The summed E-state index contributed by atoms with van der Waals surface area (Å²) in [5.41, 5.74) is 6.39. The van der Waals surface area contributed by atoms with Gasteiger partial charge in [-0.3, -0.25) is 4.79 Å². The third kappa shape index (κ3) is 5.46. The Bertz CT molecular complexity index is 468. The monoisotopic (exact) mass is 294 g/mol. The summed E-state index contributed by atoms with van der Waals surface area (Å²) >= 11 is 0. The lowest BCUT2D eigenvalue weighted by Crippen LogP contribution is -2.29. The van der Waals surface area contributed by atoms with Crippen LogP contribution >= 0.6 is 0 Å². The maximum atomic E-state index is 13.2. The Hall–Kier alpha value is -1.42. The molecule has 2 N–H and O–H groups in total. The fraction of sp³-hybridized carbons (Fsp3) is 0.588. The first-order valence-electron chi connectivity index (χ1n) is 7.48. The molecule has 4 heteroatoms. The predicted octanol–water partition coefficient (Wildman–Crippen LogP) is 3.58. The van der Waals surface area contributed by atoms with E-state index >= 15 is 0 Å². The van der Waals surface area contributed by atoms with Crippen LogP contribution in [-0.4, -0.2) is 19.5 Å². The average Bonchev–Trinajstić information content (AvgIpc) is 2.41. The Morgan fingerprint density at radius 2 is 2.00 bits per heavy atom. The van der Waals surface area contributed by atoms with Gasteiger partial charge in [-0.15, -0.1) is 0 Å². The van der Waals surface area contributed by atoms with Crippen molar-refractivity contribution in [3.05, 3.63) is 30.1 Å². The van der Waals surface area contributed by atoms with Gasteiger partial charge in [-0.2, -0.15) is 0 Å². The van der Waals surface area contributed by atoms with Gasteiger partial charge in [0, 0.05) is 19.2 Å². The summed E-state index contributed by atoms with van der Waals surface area (Å²) in [6.45, 7) is 7.16. The van der Waals surface area contributed by atoms with Gasteiger partial charge in [0.25, 0.3) is 0 Å². The number of amides is 1. The highest BCUT2D eigenvalue weighted by molar-refractivity contribution is 5.92. The molecule has 1 atom stereocenters. The molecule has 1 rings (SSSR count). The summed E-state index contributed by atoms with van der Waals surface area (Å²) in [5, 5.41) is 0. The molecule has 0 saturated carbocycles. The lowest BCUT2D eigenvalue weighted by Gasteiger charge is -2.31. The van der Waals surface area contributed by atoms with E-state index in [-0.39, 0.29) is 17.1 Å². The highest BCUT2D eigenvalue weighted by atomic mass is 19.1. The highest BCUT2D eigenvalue weighted by Gasteiger charge is 2.25. The van der Waals surface area contributed by atoms with E-state index < -0.39 is 0 Å². The molecule has 0 aliphatic heterocycles. The van der Waals surface area contributed by atoms with E-state index in [0.29, 0.717) is 24.6 Å². The van der Waals surface area contributed by atoms with Crippen molar-refractivity contribution in [2.45, 2.75) is 40.0 Å². The average molecular weight is 294 g/mol. The van der Waals surface area contributed by atoms with Crippen molar-refractivity contribution in [2.75, 3.05) is 18.5 Å². The molecule has 0 saturated heterocycles. The van der Waals surface area contributed by atoms with Crippen LogP contribution in [0.15, 0.2) is 24.3 Å². The van der Waals surface area contributed by atoms with Gasteiger partial charge < -0.3 is 10.6 Å². The molecule has 3 nitrogen and oxygen atoms in total. The quantitative estimate of drug-likeness (QED) is 0.871. The zero-order chi connectivity index (χ0) is 16.0. The maximum absolute atomic E-state index is 13.2. The van der Waals surface area contributed by atoms with Crippen LogP contribution in [-0.2, 0) is 4.79 Å². The molecule has 0 aliphatic rings. The number of nitrogens with two attached hydrogens (primary N) is 1. The number of anilines is 1. The van der Waals surface area contributed by atoms with Crippen molar-refractivity contribution < 1.29 is 9.18 Å². The van der Waals surface area contributed by atoms with Crippen LogP contribution in [0.5, 0.6) is 0 Å². The Balaban J connectivity index is 2.64. The molecular formula is C17H27FN2O. The molecule has 118 valence electrons. The van der Waals surface area contributed by atoms with Crippen molar-refractivity contribution >= 4 is 11.6 Å². The van der Waals surface area contributed by atoms with Crippen molar-refractivity contribution in [2.24, 2.45) is 17.1 Å². The maximum Gasteiger partial charge on any atom is 0.226 e. The summed E-state index contributed by atoms with van der Waals surface area (Å²) in [5.74, 6) is 0.0853. The third-order valence-electron chi connectivity index (χ3n) is 4.02. The largest absolute Gasteiger partial charge is 0.330 e. The van der Waals surface area contributed by atoms with E-state index in [1.54, 1.807) is 19.2 Å². The second-order valence-electron chi connectivity index (χ2n) is 6.61. The van der Waals surface area contributed by atoms with Crippen molar-refractivity contribution in [1.29, 1.82) is 0 Å². The van der Waals surface area contributed by atoms with E-state index in [0.717, 1.165) is 12.8 Å². The van der Waals surface area contributed by atoms with E-state index in [2.05, 4.69) is 20.8 Å². The van der Waals surface area contributed by atoms with Crippen LogP contribution in [0.3, 0.4) is 0 Å². The molecule has 0 radical (unpaired) electrons. The van der Waals surface area contributed by atoms with E-state index in [1.165, 1.54) is 17.0 Å². The molecule has 1 unspecified atom stereocenters. The molecule has 0 spiro atoms. The molecule has 1 amide bonds. The Morgan fingerprint density at radius 3 is 2.52 bits per heavy atom. The fourth-order valence-electron chi connectivity index (χ4n) is 2.51. The highest BCUT2D eigenvalue weighted by Crippen LogP contribution is 2.32. The predicted molar refractivity (Wildman–Crippen MR) is 85.7 cm³/mol. The number of halogens is 1. The normalized spacial score (nSPS) is 13.0. The Morgan fingerprint density at radius 1 is 1.33 bits per heavy atom. The van der Waals surface area contributed by atoms with Gasteiger partial charge in [-0.05, 0) is 48.9 Å². The molecule has 1 aromatic carbocycles. The Kier molecular flexibility index (Phi) is 6.34. The smallest absolute Gasteiger partial charge is 0.226 e. The summed E-state index contributed by atoms with van der Waals surface area (Å²) < 4.78 is 13.2. The summed E-state index contributed by atoms with van der Waals surface area (Å²) in [6.07, 6.45) is 2.18. The van der Waals surface area contributed by atoms with Gasteiger partial charge in [-0.25, -0.2) is 4.39 Å². The number of hydrogen-bond donors (Lipinski definition) is 1. The van der Waals surface area contributed by atoms with Crippen molar-refractivity contribution in [3.8, 4) is 0 Å². The molecule has 1 aromatic rings. The van der Waals surface area contributed by atoms with Crippen LogP contribution in [0.1, 0.15) is 40.0 Å². The first-order valence-corrected chi connectivity index (χ1v) is 7.48. The van der Waals surface area contributed by atoms with Gasteiger partial charge in [0.2, 0.25) is 5.91 Å². The molecule has 0 heterocycles. The van der Waals surface area contributed by atoms with Crippen molar-refractivity contribution in [3.63, 3.8) is 0 Å².